The minimum atomic E-state index is -5.34. The first-order valence-electron chi connectivity index (χ1n) is 9.86. The molecule has 0 aliphatic heterocycles. The predicted octanol–water partition coefficient (Wildman–Crippen LogP) is -2.11. The molecule has 8 N–H and O–H groups in total. The molecule has 0 saturated heterocycles. The Morgan fingerprint density at radius 3 is 0.861 bits per heavy atom. The van der Waals surface area contributed by atoms with Gasteiger partial charge in [0.25, 0.3) is 0 Å². The van der Waals surface area contributed by atoms with Crippen molar-refractivity contribution in [1.29, 1.82) is 0 Å². The molecule has 0 spiro atoms. The van der Waals surface area contributed by atoms with E-state index in [9.17, 15) is 71.8 Å². The molecule has 0 atom stereocenters. The van der Waals surface area contributed by atoms with Crippen LogP contribution in [-0.2, 0) is 32.6 Å². The van der Waals surface area contributed by atoms with E-state index in [2.05, 4.69) is 0 Å². The number of rotatable bonds is 14. The molecule has 0 heterocycles. The summed E-state index contributed by atoms with van der Waals surface area (Å²) in [5, 5.41) is -5.02. The van der Waals surface area contributed by atoms with Crippen molar-refractivity contribution in [2.75, 3.05) is 39.3 Å². The van der Waals surface area contributed by atoms with Crippen LogP contribution in [0.3, 0.4) is 0 Å². The summed E-state index contributed by atoms with van der Waals surface area (Å²) in [5.74, 6) is -2.31. The van der Waals surface area contributed by atoms with Crippen molar-refractivity contribution in [3.8, 4) is 0 Å². The fourth-order valence-electron chi connectivity index (χ4n) is 2.88. The summed E-state index contributed by atoms with van der Waals surface area (Å²) in [5.41, 5.74) is 0. The van der Waals surface area contributed by atoms with Crippen molar-refractivity contribution in [2.45, 2.75) is 31.6 Å². The Bertz CT molecular complexity index is 881. The second-order valence-electron chi connectivity index (χ2n) is 7.75. The molecule has 0 saturated carbocycles. The van der Waals surface area contributed by atoms with E-state index in [1.807, 2.05) is 0 Å². The summed E-state index contributed by atoms with van der Waals surface area (Å²) in [6.45, 7) is -0.696. The number of nitrogens with zero attached hydrogens (tertiary/aromatic N) is 3. The van der Waals surface area contributed by atoms with Crippen LogP contribution in [0.15, 0.2) is 0 Å². The Morgan fingerprint density at radius 2 is 0.694 bits per heavy atom. The zero-order valence-electron chi connectivity index (χ0n) is 19.5. The van der Waals surface area contributed by atoms with Crippen molar-refractivity contribution in [3.05, 3.63) is 0 Å². The van der Waals surface area contributed by atoms with Gasteiger partial charge in [-0.3, -0.25) is 32.6 Å². The fourth-order valence-corrected chi connectivity index (χ4v) is 7.65. The highest BCUT2D eigenvalue weighted by molar-refractivity contribution is 7.71. The third-order valence-electron chi connectivity index (χ3n) is 4.94. The van der Waals surface area contributed by atoms with E-state index < -0.39 is 85.1 Å². The molecule has 0 rings (SSSR count). The van der Waals surface area contributed by atoms with Gasteiger partial charge >= 0.3 is 30.4 Å². The molecule has 3 amide bonds. The van der Waals surface area contributed by atoms with Gasteiger partial charge in [0, 0.05) is 60.0 Å². The van der Waals surface area contributed by atoms with Gasteiger partial charge < -0.3 is 53.8 Å². The highest BCUT2D eigenvalue weighted by atomic mass is 31.2. The lowest BCUT2D eigenvalue weighted by Crippen LogP contribution is -2.46. The van der Waals surface area contributed by atoms with Gasteiger partial charge in [-0.15, -0.1) is 0 Å². The smallest absolute Gasteiger partial charge is 0.340 e. The molecule has 22 heteroatoms. The largest absolute Gasteiger partial charge is 0.342 e. The molecule has 212 valence electrons. The first-order chi connectivity index (χ1) is 15.9. The maximum Gasteiger partial charge on any atom is 0.342 e. The molecule has 0 fully saturated rings. The van der Waals surface area contributed by atoms with Gasteiger partial charge in [0.1, 0.15) is 0 Å². The minimum Gasteiger partial charge on any atom is -0.340 e. The van der Waals surface area contributed by atoms with E-state index in [0.29, 0.717) is 9.80 Å². The molecule has 36 heavy (non-hydrogen) atoms. The van der Waals surface area contributed by atoms with E-state index >= 15 is 0 Å². The Kier molecular flexibility index (Phi) is 12.8. The lowest BCUT2D eigenvalue weighted by atomic mass is 10.3. The van der Waals surface area contributed by atoms with Crippen LogP contribution >= 0.6 is 30.4 Å². The molecule has 18 nitrogen and oxygen atoms in total. The summed E-state index contributed by atoms with van der Waals surface area (Å²) in [4.78, 5) is 112. The second-order valence-corrected chi connectivity index (χ2v) is 15.8. The number of hydrogen-bond acceptors (Lipinski definition) is 7. The summed E-state index contributed by atoms with van der Waals surface area (Å²) in [7, 11) is -21.4. The summed E-state index contributed by atoms with van der Waals surface area (Å²) >= 11 is 0. The van der Waals surface area contributed by atoms with Gasteiger partial charge in [-0.25, -0.2) is 0 Å². The van der Waals surface area contributed by atoms with Crippen LogP contribution < -0.4 is 0 Å². The van der Waals surface area contributed by atoms with Gasteiger partial charge in [0.2, 0.25) is 17.7 Å². The Morgan fingerprint density at radius 1 is 0.500 bits per heavy atom. The van der Waals surface area contributed by atoms with Gasteiger partial charge in [-0.05, 0) is 0 Å². The third kappa shape index (κ3) is 12.0. The van der Waals surface area contributed by atoms with Gasteiger partial charge in [0.15, 0.2) is 10.8 Å². The topological polar surface area (TPSA) is 291 Å². The quantitative estimate of drug-likeness (QED) is 0.0984. The van der Waals surface area contributed by atoms with Crippen LogP contribution in [0.5, 0.6) is 0 Å². The van der Waals surface area contributed by atoms with Gasteiger partial charge in [0.05, 0.1) is 0 Å². The Balaban J connectivity index is 5.59. The van der Waals surface area contributed by atoms with Crippen LogP contribution in [0.25, 0.3) is 0 Å². The monoisotopic (exact) mass is 605 g/mol. The number of carbonyl (C=O) groups excluding carboxylic acids is 3. The van der Waals surface area contributed by atoms with Crippen molar-refractivity contribution in [1.82, 2.24) is 14.7 Å². The van der Waals surface area contributed by atoms with Crippen molar-refractivity contribution < 1.29 is 71.8 Å². The van der Waals surface area contributed by atoms with E-state index in [4.69, 9.17) is 0 Å². The number of amides is 3. The summed E-state index contributed by atoms with van der Waals surface area (Å²) < 4.78 is 46.0. The average Bonchev–Trinajstić information content (AvgIpc) is 2.60. The highest BCUT2D eigenvalue weighted by Crippen LogP contribution is 2.60. The SMILES string of the molecule is CC(=O)N(CCN(CC(P(=O)(O)O)P(=O)(O)O)C(C)=O)CCN(CC(P(=O)(O)O)P(=O)(O)O)C(C)=O. The highest BCUT2D eigenvalue weighted by Gasteiger charge is 2.46. The Hall–Kier alpha value is -0.990. The first kappa shape index (κ1) is 35.0. The molecule has 0 bridgehead atoms. The van der Waals surface area contributed by atoms with Gasteiger partial charge in [-0.1, -0.05) is 0 Å². The normalized spacial score (nSPS) is 13.1. The standard InChI is InChI=1S/C14H31N3O15P4/c1-10(18)15(4-6-16(11(2)19)8-13(33(21,22)23)34(24,25)26)5-7-17(12(3)20)9-14(35(27,28)29)36(30,31)32/h13-14H,4-9H2,1-3H3,(H2,21,22,23)(H2,24,25,26)(H2,27,28,29)(H2,30,31,32). The number of carbonyl (C=O) groups is 3. The maximum absolute atomic E-state index is 12.0. The first-order valence-corrected chi connectivity index (χ1v) is 16.6. The van der Waals surface area contributed by atoms with E-state index in [-0.39, 0.29) is 13.1 Å². The van der Waals surface area contributed by atoms with Crippen LogP contribution in [0.2, 0.25) is 0 Å². The minimum absolute atomic E-state index is 0.351. The lowest BCUT2D eigenvalue weighted by Gasteiger charge is -2.32. The Labute approximate surface area is 205 Å². The molecular weight excluding hydrogens is 574 g/mol. The van der Waals surface area contributed by atoms with Gasteiger partial charge in [-0.2, -0.15) is 0 Å². The fraction of sp³-hybridized carbons (Fsp3) is 0.786. The van der Waals surface area contributed by atoms with Crippen molar-refractivity contribution in [2.24, 2.45) is 0 Å². The van der Waals surface area contributed by atoms with Crippen LogP contribution in [0.1, 0.15) is 20.8 Å². The lowest BCUT2D eigenvalue weighted by molar-refractivity contribution is -0.134. The molecule has 0 radical (unpaired) electrons. The van der Waals surface area contributed by atoms with Crippen LogP contribution in [0.4, 0.5) is 0 Å². The zero-order chi connectivity index (χ0) is 28.9. The van der Waals surface area contributed by atoms with Crippen LogP contribution in [-0.4, -0.2) is 122 Å². The molecule has 0 aromatic heterocycles. The average molecular weight is 605 g/mol. The van der Waals surface area contributed by atoms with E-state index in [0.717, 1.165) is 25.7 Å². The zero-order valence-corrected chi connectivity index (χ0v) is 23.0. The third-order valence-corrected chi connectivity index (χ3v) is 12.3. The summed E-state index contributed by atoms with van der Waals surface area (Å²) in [6.07, 6.45) is 0. The molecule has 0 aromatic rings. The molecule has 0 unspecified atom stereocenters. The second kappa shape index (κ2) is 13.2. The van der Waals surface area contributed by atoms with E-state index in [1.165, 1.54) is 0 Å². The van der Waals surface area contributed by atoms with E-state index in [1.54, 1.807) is 0 Å². The van der Waals surface area contributed by atoms with Crippen molar-refractivity contribution in [3.63, 3.8) is 0 Å². The molecule has 0 aliphatic rings. The maximum atomic E-state index is 12.0. The summed E-state index contributed by atoms with van der Waals surface area (Å²) in [6, 6.07) is 0. The molecule has 0 aromatic carbocycles. The molecule has 0 aliphatic carbocycles. The predicted molar refractivity (Wildman–Crippen MR) is 123 cm³/mol. The number of hydrogen-bond donors (Lipinski definition) is 8. The van der Waals surface area contributed by atoms with Crippen molar-refractivity contribution >= 4 is 48.1 Å². The molecular formula is C14H31N3O15P4. The van der Waals surface area contributed by atoms with Crippen LogP contribution in [0, 0.1) is 0 Å².